The Labute approximate surface area is 60.0 Å². The highest BCUT2D eigenvalue weighted by molar-refractivity contribution is 7.63. The third-order valence-electron chi connectivity index (χ3n) is 0.997. The lowest BCUT2D eigenvalue weighted by Gasteiger charge is -2.06. The molecule has 2 unspecified atom stereocenters. The summed E-state index contributed by atoms with van der Waals surface area (Å²) in [6.07, 6.45) is 0. The maximum Gasteiger partial charge on any atom is 0.361 e. The van der Waals surface area contributed by atoms with Gasteiger partial charge in [0, 0.05) is 6.61 Å². The number of hydrogen-bond acceptors (Lipinski definition) is 3. The zero-order valence-corrected chi connectivity index (χ0v) is 6.96. The standard InChI is InChI=1S/C5H11O4P/c1-3-9-4(2)10(8)5(6)7/h4,10H,3H2,1-2H3,(H,6,7). The van der Waals surface area contributed by atoms with E-state index in [1.807, 2.05) is 0 Å². The van der Waals surface area contributed by atoms with Gasteiger partial charge in [-0.25, -0.2) is 4.79 Å². The molecule has 0 rings (SSSR count). The first-order valence-corrected chi connectivity index (χ1v) is 4.46. The van der Waals surface area contributed by atoms with Gasteiger partial charge in [0.25, 0.3) is 0 Å². The van der Waals surface area contributed by atoms with Crippen LogP contribution in [0.25, 0.3) is 0 Å². The molecule has 0 saturated heterocycles. The van der Waals surface area contributed by atoms with Gasteiger partial charge in [0.15, 0.2) is 0 Å². The Bertz CT molecular complexity index is 145. The Balaban J connectivity index is 3.82. The van der Waals surface area contributed by atoms with Crippen molar-refractivity contribution in [1.82, 2.24) is 0 Å². The highest BCUT2D eigenvalue weighted by atomic mass is 31.1. The van der Waals surface area contributed by atoms with Gasteiger partial charge < -0.3 is 14.4 Å². The van der Waals surface area contributed by atoms with E-state index in [-0.39, 0.29) is 0 Å². The second-order valence-electron chi connectivity index (χ2n) is 1.77. The monoisotopic (exact) mass is 166 g/mol. The minimum absolute atomic E-state index is 0.394. The van der Waals surface area contributed by atoms with Crippen molar-refractivity contribution in [3.05, 3.63) is 0 Å². The van der Waals surface area contributed by atoms with Crippen LogP contribution in [0, 0.1) is 0 Å². The summed E-state index contributed by atoms with van der Waals surface area (Å²) in [5.41, 5.74) is -1.26. The van der Waals surface area contributed by atoms with E-state index in [4.69, 9.17) is 9.84 Å². The van der Waals surface area contributed by atoms with Gasteiger partial charge in [0.2, 0.25) is 7.80 Å². The van der Waals surface area contributed by atoms with Crippen molar-refractivity contribution in [2.24, 2.45) is 0 Å². The molecule has 0 aliphatic heterocycles. The van der Waals surface area contributed by atoms with Gasteiger partial charge in [-0.1, -0.05) is 0 Å². The maximum absolute atomic E-state index is 10.7. The largest absolute Gasteiger partial charge is 0.476 e. The topological polar surface area (TPSA) is 63.6 Å². The molecule has 60 valence electrons. The molecule has 0 aromatic heterocycles. The predicted molar refractivity (Wildman–Crippen MR) is 38.1 cm³/mol. The molecule has 0 aromatic carbocycles. The molecular weight excluding hydrogens is 155 g/mol. The lowest BCUT2D eigenvalue weighted by atomic mass is 10.8. The van der Waals surface area contributed by atoms with Gasteiger partial charge in [-0.05, 0) is 13.8 Å². The SMILES string of the molecule is CCOC(C)[PH](=O)C(=O)O. The molecule has 0 bridgehead atoms. The van der Waals surface area contributed by atoms with Crippen LogP contribution in [0.2, 0.25) is 0 Å². The van der Waals surface area contributed by atoms with Crippen LogP contribution < -0.4 is 0 Å². The fraction of sp³-hybridized carbons (Fsp3) is 0.800. The van der Waals surface area contributed by atoms with Gasteiger partial charge in [0.1, 0.15) is 5.85 Å². The van der Waals surface area contributed by atoms with E-state index in [1.165, 1.54) is 6.92 Å². The second kappa shape index (κ2) is 4.47. The molecule has 0 spiro atoms. The van der Waals surface area contributed by atoms with E-state index < -0.39 is 19.4 Å². The van der Waals surface area contributed by atoms with Crippen molar-refractivity contribution < 1.29 is 19.2 Å². The Hall–Kier alpha value is -0.340. The summed E-state index contributed by atoms with van der Waals surface area (Å²) in [5, 5.41) is 8.23. The minimum atomic E-state index is -2.60. The Kier molecular flexibility index (Phi) is 4.32. The van der Waals surface area contributed by atoms with Gasteiger partial charge in [0.05, 0.1) is 0 Å². The molecule has 0 heterocycles. The molecule has 0 aliphatic rings. The molecule has 0 radical (unpaired) electrons. The number of carboxylic acid groups (broad SMARTS) is 1. The minimum Gasteiger partial charge on any atom is -0.476 e. The van der Waals surface area contributed by atoms with Crippen molar-refractivity contribution in [2.75, 3.05) is 6.61 Å². The summed E-state index contributed by atoms with van der Waals surface area (Å²) in [5.74, 6) is -0.646. The summed E-state index contributed by atoms with van der Waals surface area (Å²) in [7, 11) is -2.60. The molecule has 0 aliphatic carbocycles. The Morgan fingerprint density at radius 2 is 2.30 bits per heavy atom. The molecule has 2 atom stereocenters. The van der Waals surface area contributed by atoms with Crippen LogP contribution in [0.5, 0.6) is 0 Å². The summed E-state index contributed by atoms with van der Waals surface area (Å²) >= 11 is 0. The van der Waals surface area contributed by atoms with Crippen LogP contribution in [-0.4, -0.2) is 23.3 Å². The zero-order valence-electron chi connectivity index (χ0n) is 5.96. The average molecular weight is 166 g/mol. The number of hydrogen-bond donors (Lipinski definition) is 1. The van der Waals surface area contributed by atoms with Gasteiger partial charge in [-0.2, -0.15) is 0 Å². The molecule has 0 amide bonds. The third kappa shape index (κ3) is 2.99. The molecule has 0 saturated carbocycles. The van der Waals surface area contributed by atoms with Crippen molar-refractivity contribution in [1.29, 1.82) is 0 Å². The van der Waals surface area contributed by atoms with Crippen LogP contribution >= 0.6 is 7.80 Å². The van der Waals surface area contributed by atoms with E-state index in [1.54, 1.807) is 6.92 Å². The van der Waals surface area contributed by atoms with E-state index in [0.29, 0.717) is 6.61 Å². The van der Waals surface area contributed by atoms with Crippen LogP contribution in [0.15, 0.2) is 0 Å². The van der Waals surface area contributed by atoms with Crippen molar-refractivity contribution >= 4 is 13.5 Å². The molecule has 5 heteroatoms. The van der Waals surface area contributed by atoms with Crippen molar-refractivity contribution in [3.63, 3.8) is 0 Å². The fourth-order valence-electron chi connectivity index (χ4n) is 0.500. The summed E-state index contributed by atoms with van der Waals surface area (Å²) in [6.45, 7) is 3.62. The van der Waals surface area contributed by atoms with E-state index in [2.05, 4.69) is 0 Å². The zero-order chi connectivity index (χ0) is 8.15. The van der Waals surface area contributed by atoms with Gasteiger partial charge in [-0.15, -0.1) is 0 Å². The smallest absolute Gasteiger partial charge is 0.361 e. The number of ether oxygens (including phenoxy) is 1. The van der Waals surface area contributed by atoms with Crippen LogP contribution in [-0.2, 0) is 9.30 Å². The Morgan fingerprint density at radius 1 is 1.80 bits per heavy atom. The first kappa shape index (κ1) is 9.66. The van der Waals surface area contributed by atoms with Crippen LogP contribution in [0.4, 0.5) is 4.79 Å². The first-order chi connectivity index (χ1) is 4.59. The number of rotatable bonds is 4. The van der Waals surface area contributed by atoms with E-state index in [0.717, 1.165) is 0 Å². The average Bonchev–Trinajstić information content (AvgIpc) is 1.87. The predicted octanol–water partition coefficient (Wildman–Crippen LogP) is 1.61. The molecule has 10 heavy (non-hydrogen) atoms. The summed E-state index contributed by atoms with van der Waals surface area (Å²) in [4.78, 5) is 10.1. The quantitative estimate of drug-likeness (QED) is 0.644. The highest BCUT2D eigenvalue weighted by Gasteiger charge is 2.17. The first-order valence-electron chi connectivity index (χ1n) is 2.98. The fourth-order valence-corrected chi connectivity index (χ4v) is 1.17. The van der Waals surface area contributed by atoms with Gasteiger partial charge in [-0.3, -0.25) is 0 Å². The van der Waals surface area contributed by atoms with E-state index in [9.17, 15) is 9.36 Å². The van der Waals surface area contributed by atoms with Crippen molar-refractivity contribution in [3.8, 4) is 0 Å². The summed E-state index contributed by atoms with van der Waals surface area (Å²) < 4.78 is 15.5. The number of carbonyl (C=O) groups is 1. The second-order valence-corrected chi connectivity index (χ2v) is 3.74. The molecule has 0 aromatic rings. The highest BCUT2D eigenvalue weighted by Crippen LogP contribution is 2.28. The van der Waals surface area contributed by atoms with E-state index >= 15 is 0 Å². The van der Waals surface area contributed by atoms with Crippen LogP contribution in [0.3, 0.4) is 0 Å². The molecule has 1 N–H and O–H groups in total. The maximum atomic E-state index is 10.7. The summed E-state index contributed by atoms with van der Waals surface area (Å²) in [6, 6.07) is 0. The van der Waals surface area contributed by atoms with Crippen LogP contribution in [0.1, 0.15) is 13.8 Å². The third-order valence-corrected chi connectivity index (χ3v) is 2.32. The molecule has 4 nitrogen and oxygen atoms in total. The lowest BCUT2D eigenvalue weighted by molar-refractivity contribution is 0.129. The van der Waals surface area contributed by atoms with Crippen molar-refractivity contribution in [2.45, 2.75) is 19.7 Å². The normalized spacial score (nSPS) is 16.2. The lowest BCUT2D eigenvalue weighted by Crippen LogP contribution is -2.05. The Morgan fingerprint density at radius 3 is 2.60 bits per heavy atom. The molecule has 0 fully saturated rings. The molecular formula is C5H11O4P. The van der Waals surface area contributed by atoms with Gasteiger partial charge >= 0.3 is 5.71 Å².